The van der Waals surface area contributed by atoms with Gasteiger partial charge in [0.25, 0.3) is 0 Å². The van der Waals surface area contributed by atoms with Gasteiger partial charge in [-0.15, -0.1) is 0 Å². The van der Waals surface area contributed by atoms with Gasteiger partial charge >= 0.3 is 5.97 Å². The quantitative estimate of drug-likeness (QED) is 0.667. The molecule has 1 N–H and O–H groups in total. The highest BCUT2D eigenvalue weighted by molar-refractivity contribution is 5.70. The fraction of sp³-hybridized carbons (Fsp3) is 0.500. The number of allylic oxidation sites excluding steroid dienone is 2. The third-order valence-electron chi connectivity index (χ3n) is 1.65. The maximum Gasteiger partial charge on any atom is 0.306 e. The molecule has 1 atom stereocenters. The molecule has 0 aromatic carbocycles. The Labute approximate surface area is 65.4 Å². The van der Waals surface area contributed by atoms with Gasteiger partial charge < -0.3 is 5.11 Å². The molecule has 1 heterocycles. The minimum atomic E-state index is -0.756. The average Bonchev–Trinajstić information content (AvgIpc) is 2.39. The number of rotatable bonds is 3. The lowest BCUT2D eigenvalue weighted by molar-refractivity contribution is -0.141. The van der Waals surface area contributed by atoms with Crippen LogP contribution in [0.15, 0.2) is 16.8 Å². The second-order valence-electron chi connectivity index (χ2n) is 2.69. The summed E-state index contributed by atoms with van der Waals surface area (Å²) < 4.78 is 0. The summed E-state index contributed by atoms with van der Waals surface area (Å²) in [6.45, 7) is 1.69. The average molecular weight is 153 g/mol. The molecular weight excluding hydrogens is 142 g/mol. The van der Waals surface area contributed by atoms with Gasteiger partial charge in [-0.25, -0.2) is 0 Å². The van der Waals surface area contributed by atoms with Gasteiger partial charge in [0, 0.05) is 24.8 Å². The molecule has 1 aliphatic rings. The van der Waals surface area contributed by atoms with Gasteiger partial charge in [-0.3, -0.25) is 9.79 Å². The highest BCUT2D eigenvalue weighted by Crippen LogP contribution is 2.15. The van der Waals surface area contributed by atoms with Crippen molar-refractivity contribution >= 4 is 12.2 Å². The maximum absolute atomic E-state index is 10.4. The summed E-state index contributed by atoms with van der Waals surface area (Å²) in [6.07, 6.45) is 5.15. The molecule has 11 heavy (non-hydrogen) atoms. The highest BCUT2D eigenvalue weighted by Gasteiger charge is 2.13. The van der Waals surface area contributed by atoms with Crippen LogP contribution in [0.5, 0.6) is 0 Å². The highest BCUT2D eigenvalue weighted by atomic mass is 16.4. The van der Waals surface area contributed by atoms with Crippen molar-refractivity contribution in [2.45, 2.75) is 19.8 Å². The Morgan fingerprint density at radius 3 is 3.09 bits per heavy atom. The number of nitrogens with zero attached hydrogens (tertiary/aromatic N) is 1. The predicted molar refractivity (Wildman–Crippen MR) is 42.6 cm³/mol. The van der Waals surface area contributed by atoms with Crippen molar-refractivity contribution in [2.24, 2.45) is 10.9 Å². The molecule has 0 aromatic rings. The number of carbonyl (C=O) groups is 1. The summed E-state index contributed by atoms with van der Waals surface area (Å²) in [6, 6.07) is 0. The Bertz CT molecular complexity index is 218. The van der Waals surface area contributed by atoms with Crippen LogP contribution in [0, 0.1) is 5.92 Å². The van der Waals surface area contributed by atoms with Gasteiger partial charge in [-0.1, -0.05) is 13.0 Å². The first-order chi connectivity index (χ1) is 5.20. The van der Waals surface area contributed by atoms with Gasteiger partial charge in [0.15, 0.2) is 0 Å². The summed E-state index contributed by atoms with van der Waals surface area (Å²) in [5.74, 6) is -1.08. The fourth-order valence-electron chi connectivity index (χ4n) is 0.948. The van der Waals surface area contributed by atoms with Crippen LogP contribution in [0.4, 0.5) is 0 Å². The monoisotopic (exact) mass is 153 g/mol. The van der Waals surface area contributed by atoms with Crippen molar-refractivity contribution in [3.05, 3.63) is 11.8 Å². The van der Waals surface area contributed by atoms with E-state index < -0.39 is 5.97 Å². The Hall–Kier alpha value is -1.12. The van der Waals surface area contributed by atoms with Crippen LogP contribution in [-0.2, 0) is 4.79 Å². The summed E-state index contributed by atoms with van der Waals surface area (Å²) >= 11 is 0. The van der Waals surface area contributed by atoms with Crippen LogP contribution in [0.3, 0.4) is 0 Å². The molecule has 0 radical (unpaired) electrons. The molecule has 0 fully saturated rings. The number of aliphatic carboxylic acids is 1. The lowest BCUT2D eigenvalue weighted by Gasteiger charge is -2.03. The maximum atomic E-state index is 10.4. The summed E-state index contributed by atoms with van der Waals surface area (Å²) in [4.78, 5) is 14.4. The zero-order valence-corrected chi connectivity index (χ0v) is 6.45. The van der Waals surface area contributed by atoms with Gasteiger partial charge in [-0.05, 0) is 0 Å². The van der Waals surface area contributed by atoms with Gasteiger partial charge in [-0.2, -0.15) is 0 Å². The van der Waals surface area contributed by atoms with E-state index in [0.29, 0.717) is 6.42 Å². The van der Waals surface area contributed by atoms with Crippen molar-refractivity contribution in [2.75, 3.05) is 0 Å². The minimum absolute atomic E-state index is 0.323. The first kappa shape index (κ1) is 7.98. The van der Waals surface area contributed by atoms with Crippen LogP contribution in [0.1, 0.15) is 19.8 Å². The van der Waals surface area contributed by atoms with E-state index in [-0.39, 0.29) is 5.92 Å². The molecule has 1 rings (SSSR count). The van der Waals surface area contributed by atoms with Crippen molar-refractivity contribution in [3.8, 4) is 0 Å². The fourth-order valence-corrected chi connectivity index (χ4v) is 0.948. The SMILES string of the molecule is C[C@@H](CC1=CCC=N1)C(=O)O. The number of hydrogen-bond acceptors (Lipinski definition) is 2. The topological polar surface area (TPSA) is 49.7 Å². The predicted octanol–water partition coefficient (Wildman–Crippen LogP) is 1.46. The Balaban J connectivity index is 2.42. The van der Waals surface area contributed by atoms with Crippen LogP contribution in [0.2, 0.25) is 0 Å². The molecule has 0 saturated carbocycles. The normalized spacial score (nSPS) is 18.1. The Kier molecular flexibility index (Phi) is 2.41. The first-order valence-electron chi connectivity index (χ1n) is 3.64. The molecule has 0 saturated heterocycles. The minimum Gasteiger partial charge on any atom is -0.481 e. The number of carboxylic acid groups (broad SMARTS) is 1. The van der Waals surface area contributed by atoms with E-state index in [2.05, 4.69) is 4.99 Å². The van der Waals surface area contributed by atoms with E-state index in [4.69, 9.17) is 5.11 Å². The zero-order chi connectivity index (χ0) is 8.27. The van der Waals surface area contributed by atoms with Gasteiger partial charge in [0.1, 0.15) is 0 Å². The van der Waals surface area contributed by atoms with Crippen molar-refractivity contribution in [3.63, 3.8) is 0 Å². The molecule has 0 unspecified atom stereocenters. The molecule has 3 heteroatoms. The second kappa shape index (κ2) is 3.32. The standard InChI is InChI=1S/C8H11NO2/c1-6(8(10)11)5-7-3-2-4-9-7/h3-4,6H,2,5H2,1H3,(H,10,11)/t6-/m0/s1. The van der Waals surface area contributed by atoms with Crippen molar-refractivity contribution < 1.29 is 9.90 Å². The molecule has 60 valence electrons. The molecule has 0 amide bonds. The molecule has 0 aromatic heterocycles. The van der Waals surface area contributed by atoms with E-state index in [0.717, 1.165) is 12.1 Å². The largest absolute Gasteiger partial charge is 0.481 e. The van der Waals surface area contributed by atoms with E-state index in [1.807, 2.05) is 6.08 Å². The molecule has 3 nitrogen and oxygen atoms in total. The van der Waals surface area contributed by atoms with Crippen LogP contribution in [0.25, 0.3) is 0 Å². The number of hydrogen-bond donors (Lipinski definition) is 1. The number of aliphatic imine (C=N–C) groups is 1. The zero-order valence-electron chi connectivity index (χ0n) is 6.45. The van der Waals surface area contributed by atoms with Crippen LogP contribution in [-0.4, -0.2) is 17.3 Å². The van der Waals surface area contributed by atoms with Gasteiger partial charge in [0.05, 0.1) is 5.92 Å². The Morgan fingerprint density at radius 1 is 1.91 bits per heavy atom. The van der Waals surface area contributed by atoms with Gasteiger partial charge in [0.2, 0.25) is 0 Å². The second-order valence-corrected chi connectivity index (χ2v) is 2.69. The smallest absolute Gasteiger partial charge is 0.306 e. The van der Waals surface area contributed by atoms with Crippen molar-refractivity contribution in [1.29, 1.82) is 0 Å². The van der Waals surface area contributed by atoms with E-state index in [1.54, 1.807) is 13.1 Å². The summed E-state index contributed by atoms with van der Waals surface area (Å²) in [5.41, 5.74) is 0.903. The van der Waals surface area contributed by atoms with Crippen LogP contribution >= 0.6 is 0 Å². The summed E-state index contributed by atoms with van der Waals surface area (Å²) in [5, 5.41) is 8.56. The van der Waals surface area contributed by atoms with Crippen molar-refractivity contribution in [1.82, 2.24) is 0 Å². The molecular formula is C8H11NO2. The lowest BCUT2D eigenvalue weighted by Crippen LogP contribution is -2.09. The third-order valence-corrected chi connectivity index (χ3v) is 1.65. The van der Waals surface area contributed by atoms with E-state index in [1.165, 1.54) is 0 Å². The summed E-state index contributed by atoms with van der Waals surface area (Å²) in [7, 11) is 0. The van der Waals surface area contributed by atoms with E-state index >= 15 is 0 Å². The molecule has 0 spiro atoms. The molecule has 0 bridgehead atoms. The lowest BCUT2D eigenvalue weighted by atomic mass is 10.1. The third kappa shape index (κ3) is 2.18. The molecule has 0 aliphatic carbocycles. The number of carboxylic acids is 1. The van der Waals surface area contributed by atoms with Crippen LogP contribution < -0.4 is 0 Å². The molecule has 1 aliphatic heterocycles. The Morgan fingerprint density at radius 2 is 2.64 bits per heavy atom. The van der Waals surface area contributed by atoms with E-state index in [9.17, 15) is 4.79 Å². The first-order valence-corrected chi connectivity index (χ1v) is 3.64.